The maximum absolute atomic E-state index is 11.5. The Kier molecular flexibility index (Phi) is 2.68. The van der Waals surface area contributed by atoms with Gasteiger partial charge in [-0.05, 0) is 13.0 Å². The van der Waals surface area contributed by atoms with Crippen molar-refractivity contribution in [1.29, 1.82) is 0 Å². The first-order valence-electron chi connectivity index (χ1n) is 4.95. The summed E-state index contributed by atoms with van der Waals surface area (Å²) in [6.45, 7) is 1.55. The van der Waals surface area contributed by atoms with E-state index < -0.39 is 16.8 Å². The van der Waals surface area contributed by atoms with E-state index in [2.05, 4.69) is 0 Å². The zero-order valence-electron chi connectivity index (χ0n) is 8.99. The summed E-state index contributed by atoms with van der Waals surface area (Å²) in [6, 6.07) is 3.88. The number of aliphatic hydroxyl groups is 1. The SMILES string of the molecule is C[C@@H](O)Cn1c(=O)oc2ccc([N+](=O)[O-])cc21. The van der Waals surface area contributed by atoms with Crippen molar-refractivity contribution in [2.45, 2.75) is 19.6 Å². The Bertz CT molecular complexity index is 625. The van der Waals surface area contributed by atoms with E-state index >= 15 is 0 Å². The first kappa shape index (κ1) is 11.3. The van der Waals surface area contributed by atoms with Gasteiger partial charge in [0.15, 0.2) is 5.58 Å². The van der Waals surface area contributed by atoms with Gasteiger partial charge in [0.05, 0.1) is 23.1 Å². The quantitative estimate of drug-likeness (QED) is 0.632. The second-order valence-electron chi connectivity index (χ2n) is 3.74. The molecule has 0 spiro atoms. The molecule has 2 rings (SSSR count). The van der Waals surface area contributed by atoms with Crippen molar-refractivity contribution >= 4 is 16.8 Å². The fourth-order valence-corrected chi connectivity index (χ4v) is 1.60. The molecule has 0 aliphatic carbocycles. The summed E-state index contributed by atoms with van der Waals surface area (Å²) in [5.74, 6) is -0.638. The van der Waals surface area contributed by atoms with Crippen molar-refractivity contribution in [2.75, 3.05) is 0 Å². The molecule has 0 bridgehead atoms. The molecule has 1 N–H and O–H groups in total. The summed E-state index contributed by atoms with van der Waals surface area (Å²) in [6.07, 6.45) is -0.743. The molecule has 0 saturated carbocycles. The molecule has 0 radical (unpaired) electrons. The average Bonchev–Trinajstić information content (AvgIpc) is 2.54. The number of fused-ring (bicyclic) bond motifs is 1. The normalized spacial score (nSPS) is 12.8. The minimum absolute atomic E-state index is 0.0347. The summed E-state index contributed by atoms with van der Waals surface area (Å²) in [5.41, 5.74) is 0.448. The van der Waals surface area contributed by atoms with Gasteiger partial charge in [0.25, 0.3) is 5.69 Å². The predicted octanol–water partition coefficient (Wildman–Crippen LogP) is 0.883. The molecule has 0 fully saturated rings. The van der Waals surface area contributed by atoms with Crippen molar-refractivity contribution in [2.24, 2.45) is 0 Å². The van der Waals surface area contributed by atoms with E-state index in [1.165, 1.54) is 29.7 Å². The van der Waals surface area contributed by atoms with Gasteiger partial charge in [0.1, 0.15) is 0 Å². The molecule has 2 aromatic rings. The van der Waals surface area contributed by atoms with Crippen LogP contribution in [-0.2, 0) is 6.54 Å². The van der Waals surface area contributed by atoms with Gasteiger partial charge < -0.3 is 9.52 Å². The maximum atomic E-state index is 11.5. The molecule has 0 amide bonds. The van der Waals surface area contributed by atoms with E-state index in [4.69, 9.17) is 4.42 Å². The molecule has 0 aliphatic rings. The van der Waals surface area contributed by atoms with Crippen LogP contribution in [0.1, 0.15) is 6.92 Å². The van der Waals surface area contributed by atoms with Crippen LogP contribution in [0, 0.1) is 10.1 Å². The summed E-state index contributed by atoms with van der Waals surface area (Å²) >= 11 is 0. The average molecular weight is 238 g/mol. The molecule has 0 unspecified atom stereocenters. The molecule has 1 aromatic carbocycles. The summed E-state index contributed by atoms with van der Waals surface area (Å²) in [5, 5.41) is 19.9. The van der Waals surface area contributed by atoms with Gasteiger partial charge in [-0.3, -0.25) is 14.7 Å². The van der Waals surface area contributed by atoms with Gasteiger partial charge in [-0.1, -0.05) is 0 Å². The highest BCUT2D eigenvalue weighted by molar-refractivity contribution is 5.75. The van der Waals surface area contributed by atoms with E-state index in [-0.39, 0.29) is 17.8 Å². The van der Waals surface area contributed by atoms with Crippen molar-refractivity contribution in [3.05, 3.63) is 38.9 Å². The third kappa shape index (κ3) is 2.04. The Labute approximate surface area is 95.0 Å². The number of hydrogen-bond donors (Lipinski definition) is 1. The van der Waals surface area contributed by atoms with E-state index in [9.17, 15) is 20.0 Å². The second-order valence-corrected chi connectivity index (χ2v) is 3.74. The predicted molar refractivity (Wildman–Crippen MR) is 58.8 cm³/mol. The number of rotatable bonds is 3. The number of aliphatic hydroxyl groups excluding tert-OH is 1. The molecule has 0 aliphatic heterocycles. The molecule has 90 valence electrons. The van der Waals surface area contributed by atoms with E-state index in [0.717, 1.165) is 0 Å². The number of non-ortho nitro benzene ring substituents is 1. The Morgan fingerprint density at radius 1 is 1.59 bits per heavy atom. The van der Waals surface area contributed by atoms with Crippen molar-refractivity contribution in [1.82, 2.24) is 4.57 Å². The van der Waals surface area contributed by atoms with Gasteiger partial charge in [-0.25, -0.2) is 4.79 Å². The lowest BCUT2D eigenvalue weighted by Crippen LogP contribution is -2.21. The van der Waals surface area contributed by atoms with Crippen LogP contribution in [0.3, 0.4) is 0 Å². The van der Waals surface area contributed by atoms with Crippen LogP contribution in [-0.4, -0.2) is 20.7 Å². The minimum atomic E-state index is -0.743. The van der Waals surface area contributed by atoms with Crippen LogP contribution in [0.25, 0.3) is 11.1 Å². The molecule has 0 saturated heterocycles. The second kappa shape index (κ2) is 4.02. The number of benzene rings is 1. The summed E-state index contributed by atoms with van der Waals surface area (Å²) < 4.78 is 6.08. The van der Waals surface area contributed by atoms with Gasteiger partial charge in [0.2, 0.25) is 0 Å². The lowest BCUT2D eigenvalue weighted by molar-refractivity contribution is -0.384. The Balaban J connectivity index is 2.65. The van der Waals surface area contributed by atoms with Gasteiger partial charge in [-0.2, -0.15) is 0 Å². The van der Waals surface area contributed by atoms with Crippen molar-refractivity contribution < 1.29 is 14.4 Å². The number of nitro benzene ring substituents is 1. The molecule has 7 heteroatoms. The summed E-state index contributed by atoms with van der Waals surface area (Å²) in [7, 11) is 0. The Hall–Kier alpha value is -2.15. The highest BCUT2D eigenvalue weighted by Gasteiger charge is 2.15. The Morgan fingerprint density at radius 3 is 2.88 bits per heavy atom. The van der Waals surface area contributed by atoms with Crippen LogP contribution in [0.5, 0.6) is 0 Å². The number of nitrogens with zero attached hydrogens (tertiary/aromatic N) is 2. The zero-order valence-corrected chi connectivity index (χ0v) is 8.99. The highest BCUT2D eigenvalue weighted by Crippen LogP contribution is 2.20. The molecule has 17 heavy (non-hydrogen) atoms. The smallest absolute Gasteiger partial charge is 0.408 e. The van der Waals surface area contributed by atoms with Crippen LogP contribution in [0.2, 0.25) is 0 Å². The summed E-state index contributed by atoms with van der Waals surface area (Å²) in [4.78, 5) is 21.5. The lowest BCUT2D eigenvalue weighted by atomic mass is 10.3. The van der Waals surface area contributed by atoms with E-state index in [0.29, 0.717) is 5.52 Å². The zero-order chi connectivity index (χ0) is 12.6. The fourth-order valence-electron chi connectivity index (χ4n) is 1.60. The first-order valence-corrected chi connectivity index (χ1v) is 4.95. The van der Waals surface area contributed by atoms with Crippen LogP contribution in [0.4, 0.5) is 5.69 Å². The van der Waals surface area contributed by atoms with Gasteiger partial charge in [-0.15, -0.1) is 0 Å². The third-order valence-electron chi connectivity index (χ3n) is 2.31. The lowest BCUT2D eigenvalue weighted by Gasteiger charge is -2.03. The van der Waals surface area contributed by atoms with E-state index in [1.807, 2.05) is 0 Å². The Morgan fingerprint density at radius 2 is 2.29 bits per heavy atom. The van der Waals surface area contributed by atoms with Gasteiger partial charge >= 0.3 is 5.76 Å². The largest absolute Gasteiger partial charge is 0.420 e. The first-order chi connectivity index (χ1) is 7.99. The monoisotopic (exact) mass is 238 g/mol. The molecule has 1 atom stereocenters. The molecule has 1 aromatic heterocycles. The molecular formula is C10H10N2O5. The molecular weight excluding hydrogens is 228 g/mol. The van der Waals surface area contributed by atoms with Crippen LogP contribution >= 0.6 is 0 Å². The van der Waals surface area contributed by atoms with Gasteiger partial charge in [0, 0.05) is 12.1 Å². The number of oxazole rings is 1. The number of aromatic nitrogens is 1. The minimum Gasteiger partial charge on any atom is -0.408 e. The fraction of sp³-hybridized carbons (Fsp3) is 0.300. The molecule has 7 nitrogen and oxygen atoms in total. The molecule has 1 heterocycles. The van der Waals surface area contributed by atoms with Crippen molar-refractivity contribution in [3.8, 4) is 0 Å². The van der Waals surface area contributed by atoms with Crippen LogP contribution in [0.15, 0.2) is 27.4 Å². The highest BCUT2D eigenvalue weighted by atomic mass is 16.6. The topological polar surface area (TPSA) is 98.5 Å². The van der Waals surface area contributed by atoms with Crippen molar-refractivity contribution in [3.63, 3.8) is 0 Å². The maximum Gasteiger partial charge on any atom is 0.420 e. The van der Waals surface area contributed by atoms with E-state index in [1.54, 1.807) is 0 Å². The standard InChI is InChI=1S/C10H10N2O5/c1-6(13)5-11-8-4-7(12(15)16)2-3-9(8)17-10(11)14/h2-4,6,13H,5H2,1H3/t6-/m1/s1. The third-order valence-corrected chi connectivity index (χ3v) is 2.31. The van der Waals surface area contributed by atoms with Crippen LogP contribution < -0.4 is 5.76 Å². The number of nitro groups is 1. The number of hydrogen-bond acceptors (Lipinski definition) is 5.